The van der Waals surface area contributed by atoms with Crippen molar-refractivity contribution < 1.29 is 9.59 Å². The van der Waals surface area contributed by atoms with Gasteiger partial charge in [0.25, 0.3) is 0 Å². The summed E-state index contributed by atoms with van der Waals surface area (Å²) in [4.78, 5) is 24.4. The SMILES string of the molecule is CC(C)CCNC(=O)C1CCC(C(=O)NCc2ccccc2)CC1. The van der Waals surface area contributed by atoms with Crippen LogP contribution < -0.4 is 10.6 Å². The Hall–Kier alpha value is -1.84. The Balaban J connectivity index is 1.68. The van der Waals surface area contributed by atoms with Crippen LogP contribution in [0.2, 0.25) is 0 Å². The molecule has 0 atom stereocenters. The molecular formula is C20H30N2O2. The second-order valence-electron chi connectivity index (χ2n) is 7.23. The van der Waals surface area contributed by atoms with E-state index in [0.29, 0.717) is 12.5 Å². The monoisotopic (exact) mass is 330 g/mol. The lowest BCUT2D eigenvalue weighted by Gasteiger charge is -2.27. The van der Waals surface area contributed by atoms with Gasteiger partial charge in [0.1, 0.15) is 0 Å². The summed E-state index contributed by atoms with van der Waals surface area (Å²) in [7, 11) is 0. The van der Waals surface area contributed by atoms with Gasteiger partial charge < -0.3 is 10.6 Å². The molecule has 1 saturated carbocycles. The van der Waals surface area contributed by atoms with Crippen molar-refractivity contribution in [3.63, 3.8) is 0 Å². The molecule has 0 bridgehead atoms. The molecule has 4 nitrogen and oxygen atoms in total. The quantitative estimate of drug-likeness (QED) is 0.806. The Morgan fingerprint density at radius 3 is 2.04 bits per heavy atom. The summed E-state index contributed by atoms with van der Waals surface area (Å²) in [6, 6.07) is 9.95. The van der Waals surface area contributed by atoms with Crippen LogP contribution in [-0.2, 0) is 16.1 Å². The molecule has 2 N–H and O–H groups in total. The topological polar surface area (TPSA) is 58.2 Å². The van der Waals surface area contributed by atoms with E-state index in [1.165, 1.54) is 0 Å². The van der Waals surface area contributed by atoms with Crippen LogP contribution in [-0.4, -0.2) is 18.4 Å². The van der Waals surface area contributed by atoms with Crippen molar-refractivity contribution in [1.29, 1.82) is 0 Å². The lowest BCUT2D eigenvalue weighted by Crippen LogP contribution is -2.37. The largest absolute Gasteiger partial charge is 0.356 e. The highest BCUT2D eigenvalue weighted by molar-refractivity contribution is 5.81. The molecule has 4 heteroatoms. The number of benzene rings is 1. The fourth-order valence-electron chi connectivity index (χ4n) is 3.18. The Morgan fingerprint density at radius 2 is 1.50 bits per heavy atom. The van der Waals surface area contributed by atoms with Crippen LogP contribution in [0.1, 0.15) is 51.5 Å². The van der Waals surface area contributed by atoms with Gasteiger partial charge in [0, 0.05) is 24.9 Å². The number of hydrogen-bond acceptors (Lipinski definition) is 2. The first-order chi connectivity index (χ1) is 11.6. The van der Waals surface area contributed by atoms with Crippen LogP contribution in [0.15, 0.2) is 30.3 Å². The molecule has 0 spiro atoms. The van der Waals surface area contributed by atoms with E-state index in [0.717, 1.165) is 44.2 Å². The first-order valence-corrected chi connectivity index (χ1v) is 9.15. The van der Waals surface area contributed by atoms with E-state index in [9.17, 15) is 9.59 Å². The fraction of sp³-hybridized carbons (Fsp3) is 0.600. The number of nitrogens with one attached hydrogen (secondary N) is 2. The molecule has 0 aliphatic heterocycles. The maximum Gasteiger partial charge on any atom is 0.223 e. The molecular weight excluding hydrogens is 300 g/mol. The summed E-state index contributed by atoms with van der Waals surface area (Å²) in [5, 5.41) is 6.05. The molecule has 1 aromatic carbocycles. The average molecular weight is 330 g/mol. The van der Waals surface area contributed by atoms with E-state index < -0.39 is 0 Å². The Labute approximate surface area is 145 Å². The number of amides is 2. The third-order valence-electron chi connectivity index (χ3n) is 4.80. The molecule has 1 aliphatic rings. The van der Waals surface area contributed by atoms with Crippen molar-refractivity contribution in [2.45, 2.75) is 52.5 Å². The molecule has 132 valence electrons. The van der Waals surface area contributed by atoms with Crippen molar-refractivity contribution in [3.05, 3.63) is 35.9 Å². The van der Waals surface area contributed by atoms with E-state index in [1.807, 2.05) is 30.3 Å². The van der Waals surface area contributed by atoms with Gasteiger partial charge in [-0.2, -0.15) is 0 Å². The summed E-state index contributed by atoms with van der Waals surface area (Å²) < 4.78 is 0. The fourth-order valence-corrected chi connectivity index (χ4v) is 3.18. The van der Waals surface area contributed by atoms with Gasteiger partial charge in [-0.1, -0.05) is 44.2 Å². The standard InChI is InChI=1S/C20H30N2O2/c1-15(2)12-13-21-19(23)17-8-10-18(11-9-17)20(24)22-14-16-6-4-3-5-7-16/h3-7,15,17-18H,8-14H2,1-2H3,(H,21,23)(H,22,24). The molecule has 1 fully saturated rings. The van der Waals surface area contributed by atoms with Crippen LogP contribution in [0.5, 0.6) is 0 Å². The zero-order valence-corrected chi connectivity index (χ0v) is 14.9. The number of carbonyl (C=O) groups is 2. The minimum Gasteiger partial charge on any atom is -0.356 e. The van der Waals surface area contributed by atoms with Crippen LogP contribution in [0, 0.1) is 17.8 Å². The predicted molar refractivity (Wildman–Crippen MR) is 96.2 cm³/mol. The van der Waals surface area contributed by atoms with E-state index in [2.05, 4.69) is 24.5 Å². The van der Waals surface area contributed by atoms with Crippen molar-refractivity contribution in [3.8, 4) is 0 Å². The van der Waals surface area contributed by atoms with Crippen molar-refractivity contribution in [1.82, 2.24) is 10.6 Å². The van der Waals surface area contributed by atoms with E-state index >= 15 is 0 Å². The van der Waals surface area contributed by atoms with Crippen molar-refractivity contribution in [2.75, 3.05) is 6.54 Å². The normalized spacial score (nSPS) is 20.6. The number of rotatable bonds is 7. The molecule has 0 aromatic heterocycles. The van der Waals surface area contributed by atoms with Crippen molar-refractivity contribution in [2.24, 2.45) is 17.8 Å². The summed E-state index contributed by atoms with van der Waals surface area (Å²) >= 11 is 0. The van der Waals surface area contributed by atoms with Gasteiger partial charge >= 0.3 is 0 Å². The van der Waals surface area contributed by atoms with Gasteiger partial charge in [0.05, 0.1) is 0 Å². The van der Waals surface area contributed by atoms with Gasteiger partial charge in [-0.05, 0) is 43.6 Å². The second kappa shape index (κ2) is 9.45. The highest BCUT2D eigenvalue weighted by Crippen LogP contribution is 2.29. The summed E-state index contributed by atoms with van der Waals surface area (Å²) in [6.45, 7) is 5.65. The minimum atomic E-state index is 0.0495. The summed E-state index contributed by atoms with van der Waals surface area (Å²) in [6.07, 6.45) is 4.27. The van der Waals surface area contributed by atoms with Gasteiger partial charge in [0.2, 0.25) is 11.8 Å². The molecule has 1 aromatic rings. The van der Waals surface area contributed by atoms with Gasteiger partial charge in [-0.3, -0.25) is 9.59 Å². The van der Waals surface area contributed by atoms with Gasteiger partial charge in [-0.15, -0.1) is 0 Å². The van der Waals surface area contributed by atoms with Gasteiger partial charge in [-0.25, -0.2) is 0 Å². The lowest BCUT2D eigenvalue weighted by molar-refractivity contribution is -0.130. The lowest BCUT2D eigenvalue weighted by atomic mass is 9.81. The third-order valence-corrected chi connectivity index (χ3v) is 4.80. The maximum atomic E-state index is 12.3. The minimum absolute atomic E-state index is 0.0495. The van der Waals surface area contributed by atoms with E-state index in [-0.39, 0.29) is 23.7 Å². The first kappa shape index (κ1) is 18.5. The number of hydrogen-bond donors (Lipinski definition) is 2. The first-order valence-electron chi connectivity index (χ1n) is 9.15. The average Bonchev–Trinajstić information content (AvgIpc) is 2.60. The van der Waals surface area contributed by atoms with E-state index in [1.54, 1.807) is 0 Å². The van der Waals surface area contributed by atoms with Crippen LogP contribution in [0.4, 0.5) is 0 Å². The number of carbonyl (C=O) groups excluding carboxylic acids is 2. The highest BCUT2D eigenvalue weighted by Gasteiger charge is 2.29. The van der Waals surface area contributed by atoms with Crippen LogP contribution in [0.3, 0.4) is 0 Å². The molecule has 24 heavy (non-hydrogen) atoms. The molecule has 2 amide bonds. The summed E-state index contributed by atoms with van der Waals surface area (Å²) in [5.41, 5.74) is 1.11. The Bertz CT molecular complexity index is 520. The molecule has 0 unspecified atom stereocenters. The van der Waals surface area contributed by atoms with E-state index in [4.69, 9.17) is 0 Å². The predicted octanol–water partition coefficient (Wildman–Crippen LogP) is 3.27. The third kappa shape index (κ3) is 5.99. The zero-order chi connectivity index (χ0) is 17.4. The molecule has 1 aliphatic carbocycles. The van der Waals surface area contributed by atoms with Crippen LogP contribution >= 0.6 is 0 Å². The maximum absolute atomic E-state index is 12.3. The molecule has 0 heterocycles. The Morgan fingerprint density at radius 1 is 0.958 bits per heavy atom. The second-order valence-corrected chi connectivity index (χ2v) is 7.23. The molecule has 2 rings (SSSR count). The highest BCUT2D eigenvalue weighted by atomic mass is 16.2. The zero-order valence-electron chi connectivity index (χ0n) is 14.9. The van der Waals surface area contributed by atoms with Crippen LogP contribution in [0.25, 0.3) is 0 Å². The molecule has 0 radical (unpaired) electrons. The van der Waals surface area contributed by atoms with Crippen molar-refractivity contribution >= 4 is 11.8 Å². The molecule has 0 saturated heterocycles. The van der Waals surface area contributed by atoms with Gasteiger partial charge in [0.15, 0.2) is 0 Å². The smallest absolute Gasteiger partial charge is 0.223 e. The Kier molecular flexibility index (Phi) is 7.29. The summed E-state index contributed by atoms with van der Waals surface area (Å²) in [5.74, 6) is 1.02.